The maximum Gasteiger partial charge on any atom is 0.165 e. The first-order valence-corrected chi connectivity index (χ1v) is 3.33. The Hall–Kier alpha value is -0.900. The van der Waals surface area contributed by atoms with Crippen molar-refractivity contribution in [3.63, 3.8) is 0 Å². The van der Waals surface area contributed by atoms with E-state index >= 15 is 0 Å². The third kappa shape index (κ3) is 1.33. The first-order chi connectivity index (χ1) is 4.72. The largest absolute Gasteiger partial charge is 0.366 e. The highest BCUT2D eigenvalue weighted by Gasteiger charge is 2.03. The molecule has 54 valence electrons. The van der Waals surface area contributed by atoms with E-state index in [0.29, 0.717) is 0 Å². The van der Waals surface area contributed by atoms with Crippen LogP contribution in [0.1, 0.15) is 5.82 Å². The number of hydrogen-bond acceptors (Lipinski definition) is 2. The molecule has 0 saturated heterocycles. The summed E-state index contributed by atoms with van der Waals surface area (Å²) in [5, 5.41) is 0. The van der Waals surface area contributed by atoms with E-state index in [-0.39, 0.29) is 0 Å². The van der Waals surface area contributed by atoms with E-state index in [1.54, 1.807) is 12.4 Å². The molecule has 0 bridgehead atoms. The highest BCUT2D eigenvalue weighted by molar-refractivity contribution is 7.80. The maximum absolute atomic E-state index is 5.03. The van der Waals surface area contributed by atoms with Crippen molar-refractivity contribution in [1.29, 1.82) is 0 Å². The number of rotatable bonds is 1. The van der Waals surface area contributed by atoms with Gasteiger partial charge in [0.25, 0.3) is 0 Å². The predicted molar refractivity (Wildman–Crippen MR) is 44.0 cm³/mol. The van der Waals surface area contributed by atoms with Gasteiger partial charge in [-0.1, -0.05) is 12.2 Å². The minimum atomic E-state index is 0.727. The van der Waals surface area contributed by atoms with Crippen molar-refractivity contribution in [3.05, 3.63) is 18.2 Å². The van der Waals surface area contributed by atoms with E-state index in [4.69, 9.17) is 12.2 Å². The number of nitrogens with zero attached hydrogens (tertiary/aromatic N) is 2. The molecular formula is C6H9N3S. The summed E-state index contributed by atoms with van der Waals surface area (Å²) in [6, 6.07) is 0. The normalized spacial score (nSPS) is 9.40. The lowest BCUT2D eigenvalue weighted by molar-refractivity contribution is 0.632. The zero-order valence-corrected chi connectivity index (χ0v) is 6.77. The van der Waals surface area contributed by atoms with Crippen molar-refractivity contribution in [3.8, 4) is 0 Å². The number of imidazole rings is 1. The van der Waals surface area contributed by atoms with Crippen LogP contribution in [0.15, 0.2) is 12.4 Å². The van der Waals surface area contributed by atoms with Crippen molar-refractivity contribution in [2.75, 3.05) is 14.1 Å². The lowest BCUT2D eigenvalue weighted by Gasteiger charge is -2.09. The van der Waals surface area contributed by atoms with Crippen molar-refractivity contribution in [2.24, 2.45) is 0 Å². The molecule has 0 fully saturated rings. The van der Waals surface area contributed by atoms with Gasteiger partial charge in [0.15, 0.2) is 5.82 Å². The van der Waals surface area contributed by atoms with Crippen LogP contribution >= 0.6 is 12.2 Å². The van der Waals surface area contributed by atoms with Crippen LogP contribution in [0.4, 0.5) is 0 Å². The minimum Gasteiger partial charge on any atom is -0.366 e. The number of aromatic nitrogens is 2. The van der Waals surface area contributed by atoms with Gasteiger partial charge in [-0.3, -0.25) is 0 Å². The van der Waals surface area contributed by atoms with Crippen molar-refractivity contribution in [1.82, 2.24) is 14.9 Å². The fourth-order valence-electron chi connectivity index (χ4n) is 0.594. The van der Waals surface area contributed by atoms with Crippen LogP contribution in [0.3, 0.4) is 0 Å². The molecule has 1 aromatic rings. The number of H-pyrrole nitrogens is 1. The second kappa shape index (κ2) is 2.79. The molecule has 1 rings (SSSR count). The third-order valence-electron chi connectivity index (χ3n) is 1.11. The first kappa shape index (κ1) is 7.21. The Bertz CT molecular complexity index is 215. The Labute approximate surface area is 65.1 Å². The average Bonchev–Trinajstić information content (AvgIpc) is 2.36. The summed E-state index contributed by atoms with van der Waals surface area (Å²) in [6.07, 6.45) is 3.44. The maximum atomic E-state index is 5.03. The van der Waals surface area contributed by atoms with E-state index in [2.05, 4.69) is 9.97 Å². The van der Waals surface area contributed by atoms with Gasteiger partial charge in [-0.2, -0.15) is 0 Å². The molecule has 0 radical (unpaired) electrons. The molecule has 0 aliphatic carbocycles. The topological polar surface area (TPSA) is 31.9 Å². The Morgan fingerprint density at radius 2 is 2.40 bits per heavy atom. The van der Waals surface area contributed by atoms with Gasteiger partial charge in [-0.15, -0.1) is 0 Å². The summed E-state index contributed by atoms with van der Waals surface area (Å²) < 4.78 is 0. The summed E-state index contributed by atoms with van der Waals surface area (Å²) in [5.74, 6) is 0.750. The number of nitrogens with one attached hydrogen (secondary N) is 1. The standard InChI is InChI=1S/C6H9N3S/c1-9(2)6(10)5-7-3-4-8-5/h3-4H,1-2H3,(H,7,8). The molecule has 4 heteroatoms. The zero-order valence-electron chi connectivity index (χ0n) is 5.96. The Morgan fingerprint density at radius 3 is 2.80 bits per heavy atom. The molecule has 0 saturated carbocycles. The average molecular weight is 155 g/mol. The summed E-state index contributed by atoms with van der Waals surface area (Å²) in [6.45, 7) is 0. The molecule has 1 heterocycles. The van der Waals surface area contributed by atoms with E-state index in [1.807, 2.05) is 19.0 Å². The summed E-state index contributed by atoms with van der Waals surface area (Å²) in [5.41, 5.74) is 0. The van der Waals surface area contributed by atoms with Gasteiger partial charge >= 0.3 is 0 Å². The Kier molecular flexibility index (Phi) is 2.01. The number of aromatic amines is 1. The summed E-state index contributed by atoms with van der Waals surface area (Å²) >= 11 is 5.03. The quantitative estimate of drug-likeness (QED) is 0.604. The molecule has 0 atom stereocenters. The first-order valence-electron chi connectivity index (χ1n) is 2.93. The molecule has 0 aliphatic rings. The second-order valence-corrected chi connectivity index (χ2v) is 2.52. The van der Waals surface area contributed by atoms with E-state index < -0.39 is 0 Å². The van der Waals surface area contributed by atoms with Gasteiger partial charge < -0.3 is 9.88 Å². The Balaban J connectivity index is 2.78. The molecule has 0 spiro atoms. The fourth-order valence-corrected chi connectivity index (χ4v) is 0.706. The van der Waals surface area contributed by atoms with Gasteiger partial charge in [0.1, 0.15) is 4.99 Å². The van der Waals surface area contributed by atoms with Gasteiger partial charge in [-0.25, -0.2) is 4.98 Å². The van der Waals surface area contributed by atoms with Crippen LogP contribution in [0, 0.1) is 0 Å². The third-order valence-corrected chi connectivity index (χ3v) is 1.67. The molecule has 0 unspecified atom stereocenters. The summed E-state index contributed by atoms with van der Waals surface area (Å²) in [7, 11) is 3.79. The molecule has 0 aliphatic heterocycles. The monoisotopic (exact) mass is 155 g/mol. The van der Waals surface area contributed by atoms with Gasteiger partial charge in [-0.05, 0) is 0 Å². The van der Waals surface area contributed by atoms with Gasteiger partial charge in [0.05, 0.1) is 0 Å². The molecular weight excluding hydrogens is 146 g/mol. The highest BCUT2D eigenvalue weighted by Crippen LogP contribution is 1.94. The second-order valence-electron chi connectivity index (χ2n) is 2.14. The molecule has 0 aromatic carbocycles. The van der Waals surface area contributed by atoms with Crippen LogP contribution in [0.25, 0.3) is 0 Å². The van der Waals surface area contributed by atoms with Crippen LogP contribution in [0.2, 0.25) is 0 Å². The molecule has 10 heavy (non-hydrogen) atoms. The fraction of sp³-hybridized carbons (Fsp3) is 0.333. The molecule has 1 aromatic heterocycles. The number of hydrogen-bond donors (Lipinski definition) is 1. The van der Waals surface area contributed by atoms with Crippen LogP contribution in [-0.4, -0.2) is 34.0 Å². The van der Waals surface area contributed by atoms with Crippen LogP contribution < -0.4 is 0 Å². The van der Waals surface area contributed by atoms with Gasteiger partial charge in [0.2, 0.25) is 0 Å². The van der Waals surface area contributed by atoms with Crippen molar-refractivity contribution < 1.29 is 0 Å². The van der Waals surface area contributed by atoms with E-state index in [9.17, 15) is 0 Å². The predicted octanol–water partition coefficient (Wildman–Crippen LogP) is 0.647. The van der Waals surface area contributed by atoms with E-state index in [1.165, 1.54) is 0 Å². The minimum absolute atomic E-state index is 0.727. The van der Waals surface area contributed by atoms with Crippen molar-refractivity contribution >= 4 is 17.2 Å². The Morgan fingerprint density at radius 1 is 1.70 bits per heavy atom. The van der Waals surface area contributed by atoms with E-state index in [0.717, 1.165) is 10.8 Å². The molecule has 0 amide bonds. The van der Waals surface area contributed by atoms with Crippen LogP contribution in [-0.2, 0) is 0 Å². The summed E-state index contributed by atoms with van der Waals surface area (Å²) in [4.78, 5) is 9.49. The lowest BCUT2D eigenvalue weighted by Crippen LogP contribution is -2.21. The SMILES string of the molecule is CN(C)C(=S)c1ncc[nH]1. The zero-order chi connectivity index (χ0) is 7.56. The van der Waals surface area contributed by atoms with Gasteiger partial charge in [0, 0.05) is 26.5 Å². The van der Waals surface area contributed by atoms with Crippen molar-refractivity contribution in [2.45, 2.75) is 0 Å². The molecule has 3 nitrogen and oxygen atoms in total. The van der Waals surface area contributed by atoms with Crippen LogP contribution in [0.5, 0.6) is 0 Å². The smallest absolute Gasteiger partial charge is 0.165 e. The highest BCUT2D eigenvalue weighted by atomic mass is 32.1. The molecule has 1 N–H and O–H groups in total. The lowest BCUT2D eigenvalue weighted by atomic mass is 10.5. The number of thiocarbonyl (C=S) groups is 1.